The van der Waals surface area contributed by atoms with Gasteiger partial charge in [-0.15, -0.1) is 0 Å². The van der Waals surface area contributed by atoms with Gasteiger partial charge in [0.15, 0.2) is 11.3 Å². The van der Waals surface area contributed by atoms with Gasteiger partial charge in [0.25, 0.3) is 17.4 Å². The summed E-state index contributed by atoms with van der Waals surface area (Å²) in [5, 5.41) is 10.8. The van der Waals surface area contributed by atoms with Crippen molar-refractivity contribution in [2.45, 2.75) is 12.5 Å². The predicted octanol–water partition coefficient (Wildman–Crippen LogP) is 4.15. The molecule has 1 unspecified atom stereocenters. The highest BCUT2D eigenvalue weighted by Crippen LogP contribution is 2.39. The maximum absolute atomic E-state index is 13.3. The van der Waals surface area contributed by atoms with E-state index in [0.717, 1.165) is 16.7 Å². The molecule has 0 aliphatic carbocycles. The number of hydrogen-bond acceptors (Lipinski definition) is 7. The van der Waals surface area contributed by atoms with Crippen molar-refractivity contribution in [3.05, 3.63) is 105 Å². The van der Waals surface area contributed by atoms with Crippen molar-refractivity contribution >= 4 is 23.0 Å². The zero-order valence-electron chi connectivity index (χ0n) is 21.8. The Hall–Kier alpha value is -4.92. The van der Waals surface area contributed by atoms with Gasteiger partial charge in [-0.2, -0.15) is 0 Å². The maximum Gasteiger partial charge on any atom is 0.297 e. The highest BCUT2D eigenvalue weighted by atomic mass is 16.4. The largest absolute Gasteiger partial charge is 0.501 e. The molecule has 9 heteroatoms. The Kier molecular flexibility index (Phi) is 5.91. The topological polar surface area (TPSA) is 105 Å². The number of benzene rings is 3. The van der Waals surface area contributed by atoms with Gasteiger partial charge in [0.1, 0.15) is 5.52 Å². The monoisotopic (exact) mass is 521 g/mol. The van der Waals surface area contributed by atoms with E-state index in [1.807, 2.05) is 65.6 Å². The van der Waals surface area contributed by atoms with Crippen molar-refractivity contribution in [2.75, 3.05) is 25.5 Å². The third-order valence-electron chi connectivity index (χ3n) is 7.14. The van der Waals surface area contributed by atoms with E-state index in [1.165, 1.54) is 4.57 Å². The minimum Gasteiger partial charge on any atom is -0.501 e. The zero-order valence-corrected chi connectivity index (χ0v) is 21.8. The molecule has 1 atom stereocenters. The fourth-order valence-corrected chi connectivity index (χ4v) is 5.17. The summed E-state index contributed by atoms with van der Waals surface area (Å²) < 4.78 is 7.21. The summed E-state index contributed by atoms with van der Waals surface area (Å²) in [4.78, 5) is 38.9. The van der Waals surface area contributed by atoms with Gasteiger partial charge < -0.3 is 19.3 Å². The molecule has 2 aromatic heterocycles. The summed E-state index contributed by atoms with van der Waals surface area (Å²) in [5.74, 6) is -0.186. The summed E-state index contributed by atoms with van der Waals surface area (Å²) in [6.07, 6.45) is 0.685. The Morgan fingerprint density at radius 1 is 1.03 bits per heavy atom. The number of nitrogens with zero attached hydrogens (tertiary/aromatic N) is 5. The average Bonchev–Trinajstić information content (AvgIpc) is 3.39. The number of rotatable bonds is 4. The van der Waals surface area contributed by atoms with Crippen molar-refractivity contribution in [3.63, 3.8) is 0 Å². The van der Waals surface area contributed by atoms with Gasteiger partial charge in [0.2, 0.25) is 11.7 Å². The van der Waals surface area contributed by atoms with E-state index in [9.17, 15) is 14.7 Å². The summed E-state index contributed by atoms with van der Waals surface area (Å²) in [7, 11) is 5.04. The minimum absolute atomic E-state index is 0.0153. The van der Waals surface area contributed by atoms with Gasteiger partial charge in [-0.1, -0.05) is 48.5 Å². The molecule has 0 bridgehead atoms. The highest BCUT2D eigenvalue weighted by Gasteiger charge is 2.33. The van der Waals surface area contributed by atoms with Crippen LogP contribution in [-0.2, 0) is 13.5 Å². The van der Waals surface area contributed by atoms with Crippen LogP contribution in [0.2, 0.25) is 0 Å². The molecule has 0 saturated carbocycles. The van der Waals surface area contributed by atoms with Gasteiger partial charge in [-0.25, -0.2) is 9.97 Å². The van der Waals surface area contributed by atoms with Crippen LogP contribution in [0.5, 0.6) is 5.75 Å². The molecule has 1 amide bonds. The lowest BCUT2D eigenvalue weighted by atomic mass is 9.87. The fourth-order valence-electron chi connectivity index (χ4n) is 5.17. The molecular weight excluding hydrogens is 494 g/mol. The first kappa shape index (κ1) is 24.4. The first-order valence-electron chi connectivity index (χ1n) is 12.7. The van der Waals surface area contributed by atoms with Crippen molar-refractivity contribution in [1.29, 1.82) is 0 Å². The standard InChI is InChI=1S/C30H27N5O4/c1-33(2)28(37)20-14-13-18-15-16-35(25(21(18)17-20)19-9-5-4-6-10-19)30-32-24(26(36)29(38)34(30)3)27-31-22-11-7-8-12-23(22)39-27/h4-14,17,25,36H,15-16H2,1-3H3. The lowest BCUT2D eigenvalue weighted by molar-refractivity contribution is 0.0827. The third kappa shape index (κ3) is 4.12. The maximum atomic E-state index is 13.3. The number of fused-ring (bicyclic) bond motifs is 2. The van der Waals surface area contributed by atoms with Crippen LogP contribution in [0, 0.1) is 0 Å². The molecule has 39 heavy (non-hydrogen) atoms. The molecular formula is C30H27N5O4. The highest BCUT2D eigenvalue weighted by molar-refractivity contribution is 5.94. The Morgan fingerprint density at radius 3 is 2.51 bits per heavy atom. The van der Waals surface area contributed by atoms with E-state index in [2.05, 4.69) is 4.98 Å². The van der Waals surface area contributed by atoms with Gasteiger partial charge >= 0.3 is 0 Å². The second kappa shape index (κ2) is 9.43. The van der Waals surface area contributed by atoms with Crippen molar-refractivity contribution in [1.82, 2.24) is 19.4 Å². The van der Waals surface area contributed by atoms with E-state index in [4.69, 9.17) is 9.40 Å². The molecule has 6 rings (SSSR count). The van der Waals surface area contributed by atoms with Crippen LogP contribution in [0.4, 0.5) is 5.95 Å². The van der Waals surface area contributed by atoms with Crippen LogP contribution in [-0.4, -0.2) is 51.1 Å². The molecule has 0 fully saturated rings. The number of aromatic nitrogens is 3. The quantitative estimate of drug-likeness (QED) is 0.379. The lowest BCUT2D eigenvalue weighted by Gasteiger charge is -2.39. The van der Waals surface area contributed by atoms with E-state index in [-0.39, 0.29) is 23.5 Å². The number of carbonyl (C=O) groups is 1. The van der Waals surface area contributed by atoms with Gasteiger partial charge in [0, 0.05) is 33.3 Å². The molecule has 196 valence electrons. The van der Waals surface area contributed by atoms with Crippen LogP contribution in [0.15, 0.2) is 82.0 Å². The van der Waals surface area contributed by atoms with Gasteiger partial charge in [-0.3, -0.25) is 14.2 Å². The molecule has 0 saturated heterocycles. The average molecular weight is 522 g/mol. The number of carbonyl (C=O) groups excluding carboxylic acids is 1. The molecule has 3 heterocycles. The Morgan fingerprint density at radius 2 is 1.77 bits per heavy atom. The first-order chi connectivity index (χ1) is 18.8. The molecule has 9 nitrogen and oxygen atoms in total. The summed E-state index contributed by atoms with van der Waals surface area (Å²) >= 11 is 0. The fraction of sp³-hybridized carbons (Fsp3) is 0.200. The second-order valence-corrected chi connectivity index (χ2v) is 9.83. The number of aromatic hydroxyl groups is 1. The van der Waals surface area contributed by atoms with Crippen molar-refractivity contribution < 1.29 is 14.3 Å². The van der Waals surface area contributed by atoms with Crippen LogP contribution in [0.25, 0.3) is 22.7 Å². The number of amides is 1. The van der Waals surface area contributed by atoms with E-state index < -0.39 is 11.3 Å². The molecule has 1 N–H and O–H groups in total. The minimum atomic E-state index is -0.605. The summed E-state index contributed by atoms with van der Waals surface area (Å²) in [6, 6.07) is 22.6. The van der Waals surface area contributed by atoms with E-state index in [0.29, 0.717) is 35.6 Å². The van der Waals surface area contributed by atoms with Crippen LogP contribution >= 0.6 is 0 Å². The number of oxazole rings is 1. The number of hydrogen-bond donors (Lipinski definition) is 1. The second-order valence-electron chi connectivity index (χ2n) is 9.83. The van der Waals surface area contributed by atoms with Crippen molar-refractivity contribution in [2.24, 2.45) is 7.05 Å². The normalized spacial score (nSPS) is 14.8. The molecule has 0 spiro atoms. The summed E-state index contributed by atoms with van der Waals surface area (Å²) in [6.45, 7) is 0.561. The van der Waals surface area contributed by atoms with Gasteiger partial charge in [-0.05, 0) is 47.4 Å². The predicted molar refractivity (Wildman–Crippen MR) is 148 cm³/mol. The van der Waals surface area contributed by atoms with Crippen molar-refractivity contribution in [3.8, 4) is 17.3 Å². The smallest absolute Gasteiger partial charge is 0.297 e. The third-order valence-corrected chi connectivity index (χ3v) is 7.14. The molecule has 1 aliphatic rings. The van der Waals surface area contributed by atoms with E-state index in [1.54, 1.807) is 38.2 Å². The van der Waals surface area contributed by atoms with Crippen LogP contribution < -0.4 is 10.5 Å². The molecule has 1 aliphatic heterocycles. The SMILES string of the molecule is CN(C)C(=O)c1ccc2c(c1)C(c1ccccc1)N(c1nc(-c3nc4ccccc4o3)c(O)c(=O)n1C)CC2. The summed E-state index contributed by atoms with van der Waals surface area (Å²) in [5.41, 5.74) is 4.17. The number of para-hydroxylation sites is 2. The first-order valence-corrected chi connectivity index (χ1v) is 12.7. The molecule has 0 radical (unpaired) electrons. The number of anilines is 1. The molecule has 3 aromatic carbocycles. The Bertz CT molecular complexity index is 1740. The lowest BCUT2D eigenvalue weighted by Crippen LogP contribution is -2.40. The Balaban J connectivity index is 1.54. The zero-order chi connectivity index (χ0) is 27.3. The van der Waals surface area contributed by atoms with Crippen LogP contribution in [0.1, 0.15) is 33.1 Å². The molecule has 5 aromatic rings. The Labute approximate surface area is 224 Å². The van der Waals surface area contributed by atoms with Gasteiger partial charge in [0.05, 0.1) is 6.04 Å². The van der Waals surface area contributed by atoms with E-state index >= 15 is 0 Å². The van der Waals surface area contributed by atoms with Crippen LogP contribution in [0.3, 0.4) is 0 Å².